The number of hydrogen-bond donors (Lipinski definition) is 1. The zero-order valence-corrected chi connectivity index (χ0v) is 13.2. The number of hydrogen-bond acceptors (Lipinski definition) is 3. The van der Waals surface area contributed by atoms with Gasteiger partial charge in [0.25, 0.3) is 0 Å². The zero-order valence-electron chi connectivity index (χ0n) is 12.5. The van der Waals surface area contributed by atoms with Gasteiger partial charge in [-0.3, -0.25) is 0 Å². The van der Waals surface area contributed by atoms with E-state index in [4.69, 9.17) is 21.4 Å². The Hall–Kier alpha value is -2.14. The minimum absolute atomic E-state index is 0.167. The summed E-state index contributed by atoms with van der Waals surface area (Å²) in [6.07, 6.45) is 4.87. The fourth-order valence-corrected chi connectivity index (χ4v) is 2.67. The molecule has 6 heteroatoms. The Balaban J connectivity index is 1.93. The molecule has 0 spiro atoms. The van der Waals surface area contributed by atoms with Crippen LogP contribution in [0.1, 0.15) is 35.2 Å². The number of carboxylic acids is 1. The molecular formula is C17H15ClFNO3. The predicted molar refractivity (Wildman–Crippen MR) is 84.6 cm³/mol. The van der Waals surface area contributed by atoms with Crippen LogP contribution < -0.4 is 4.74 Å². The van der Waals surface area contributed by atoms with Crippen molar-refractivity contribution < 1.29 is 19.0 Å². The average molecular weight is 336 g/mol. The molecule has 4 nitrogen and oxygen atoms in total. The third-order valence-electron chi connectivity index (χ3n) is 3.99. The summed E-state index contributed by atoms with van der Waals surface area (Å²) in [7, 11) is 0. The molecule has 0 saturated heterocycles. The number of pyridine rings is 1. The first kappa shape index (κ1) is 15.7. The second-order valence-electron chi connectivity index (χ2n) is 5.63. The quantitative estimate of drug-likeness (QED) is 0.895. The van der Waals surface area contributed by atoms with Crippen LogP contribution in [0.3, 0.4) is 0 Å². The van der Waals surface area contributed by atoms with E-state index in [1.165, 1.54) is 12.1 Å². The van der Waals surface area contributed by atoms with Crippen LogP contribution >= 0.6 is 11.6 Å². The van der Waals surface area contributed by atoms with Crippen molar-refractivity contribution in [2.24, 2.45) is 0 Å². The van der Waals surface area contributed by atoms with Crippen molar-refractivity contribution in [1.29, 1.82) is 0 Å². The largest absolute Gasteiger partial charge is 0.478 e. The van der Waals surface area contributed by atoms with Gasteiger partial charge in [0.15, 0.2) is 0 Å². The van der Waals surface area contributed by atoms with Crippen LogP contribution in [0.4, 0.5) is 4.39 Å². The van der Waals surface area contributed by atoms with E-state index in [1.807, 2.05) is 0 Å². The standard InChI is InChI=1S/C17H15ClFNO3/c1-9-5-13(17(21)22)15(19)7-12(9)10-6-14(18)16(20-8-10)23-11-3-2-4-11/h5-8,11H,2-4H2,1H3,(H,21,22). The van der Waals surface area contributed by atoms with E-state index >= 15 is 0 Å². The van der Waals surface area contributed by atoms with E-state index in [2.05, 4.69) is 4.98 Å². The summed E-state index contributed by atoms with van der Waals surface area (Å²) in [4.78, 5) is 15.2. The van der Waals surface area contributed by atoms with Gasteiger partial charge in [-0.2, -0.15) is 0 Å². The molecule has 120 valence electrons. The highest BCUT2D eigenvalue weighted by Gasteiger charge is 2.21. The minimum Gasteiger partial charge on any atom is -0.478 e. The molecule has 1 aliphatic rings. The maximum atomic E-state index is 13.9. The van der Waals surface area contributed by atoms with Crippen LogP contribution in [0.25, 0.3) is 11.1 Å². The van der Waals surface area contributed by atoms with Gasteiger partial charge in [0, 0.05) is 11.8 Å². The molecule has 0 atom stereocenters. The highest BCUT2D eigenvalue weighted by molar-refractivity contribution is 6.32. The SMILES string of the molecule is Cc1cc(C(=O)O)c(F)cc1-c1cnc(OC2CCC2)c(Cl)c1. The Morgan fingerprint density at radius 2 is 2.13 bits per heavy atom. The molecule has 1 aromatic carbocycles. The fraction of sp³-hybridized carbons (Fsp3) is 0.294. The number of aromatic nitrogens is 1. The van der Waals surface area contributed by atoms with Gasteiger partial charge < -0.3 is 9.84 Å². The van der Waals surface area contributed by atoms with Crippen LogP contribution in [0.5, 0.6) is 5.88 Å². The van der Waals surface area contributed by atoms with E-state index in [1.54, 1.807) is 19.2 Å². The third kappa shape index (κ3) is 3.15. The third-order valence-corrected chi connectivity index (χ3v) is 4.26. The number of carboxylic acid groups (broad SMARTS) is 1. The van der Waals surface area contributed by atoms with Gasteiger partial charge in [-0.15, -0.1) is 0 Å². The maximum absolute atomic E-state index is 13.9. The Morgan fingerprint density at radius 3 is 2.70 bits per heavy atom. The van der Waals surface area contributed by atoms with Crippen molar-refractivity contribution in [2.45, 2.75) is 32.3 Å². The molecule has 1 saturated carbocycles. The van der Waals surface area contributed by atoms with E-state index < -0.39 is 11.8 Å². The summed E-state index contributed by atoms with van der Waals surface area (Å²) in [6, 6.07) is 4.16. The van der Waals surface area contributed by atoms with Crippen molar-refractivity contribution in [3.8, 4) is 17.0 Å². The molecule has 3 rings (SSSR count). The van der Waals surface area contributed by atoms with Crippen molar-refractivity contribution in [3.05, 3.63) is 46.4 Å². The first-order valence-electron chi connectivity index (χ1n) is 7.31. The molecule has 0 amide bonds. The Morgan fingerprint density at radius 1 is 1.39 bits per heavy atom. The zero-order chi connectivity index (χ0) is 16.6. The maximum Gasteiger partial charge on any atom is 0.338 e. The number of nitrogens with zero attached hydrogens (tertiary/aromatic N) is 1. The molecule has 0 bridgehead atoms. The molecule has 1 fully saturated rings. The Kier molecular flexibility index (Phi) is 4.22. The molecule has 23 heavy (non-hydrogen) atoms. The van der Waals surface area contributed by atoms with Crippen LogP contribution in [0.15, 0.2) is 24.4 Å². The van der Waals surface area contributed by atoms with Crippen molar-refractivity contribution in [3.63, 3.8) is 0 Å². The number of aromatic carboxylic acids is 1. The van der Waals surface area contributed by atoms with E-state index in [0.717, 1.165) is 19.3 Å². The summed E-state index contributed by atoms with van der Waals surface area (Å²) in [5.41, 5.74) is 1.45. The van der Waals surface area contributed by atoms with Gasteiger partial charge in [0.1, 0.15) is 16.9 Å². The molecular weight excluding hydrogens is 321 g/mol. The summed E-state index contributed by atoms with van der Waals surface area (Å²) in [5.74, 6) is -1.71. The summed E-state index contributed by atoms with van der Waals surface area (Å²) in [5, 5.41) is 9.31. The van der Waals surface area contributed by atoms with Crippen LogP contribution in [0, 0.1) is 12.7 Å². The molecule has 1 heterocycles. The predicted octanol–water partition coefficient (Wildman–Crippen LogP) is 4.48. The molecule has 0 aliphatic heterocycles. The van der Waals surface area contributed by atoms with E-state index in [0.29, 0.717) is 27.6 Å². The van der Waals surface area contributed by atoms with Crippen LogP contribution in [-0.2, 0) is 0 Å². The lowest BCUT2D eigenvalue weighted by Gasteiger charge is -2.26. The minimum atomic E-state index is -1.29. The topological polar surface area (TPSA) is 59.4 Å². The van der Waals surface area contributed by atoms with Crippen molar-refractivity contribution in [2.75, 3.05) is 0 Å². The summed E-state index contributed by atoms with van der Waals surface area (Å²) < 4.78 is 19.6. The number of halogens is 2. The molecule has 0 unspecified atom stereocenters. The van der Waals surface area contributed by atoms with E-state index in [-0.39, 0.29) is 11.7 Å². The lowest BCUT2D eigenvalue weighted by atomic mass is 9.96. The second-order valence-corrected chi connectivity index (χ2v) is 6.04. The summed E-state index contributed by atoms with van der Waals surface area (Å²) in [6.45, 7) is 1.72. The summed E-state index contributed by atoms with van der Waals surface area (Å²) >= 11 is 6.20. The number of aryl methyl sites for hydroxylation is 1. The van der Waals surface area contributed by atoms with Gasteiger partial charge in [0.05, 0.1) is 5.56 Å². The van der Waals surface area contributed by atoms with Crippen molar-refractivity contribution >= 4 is 17.6 Å². The van der Waals surface area contributed by atoms with Crippen molar-refractivity contribution in [1.82, 2.24) is 4.98 Å². The molecule has 1 aliphatic carbocycles. The Labute approximate surface area is 137 Å². The van der Waals surface area contributed by atoms with Crippen LogP contribution in [-0.4, -0.2) is 22.2 Å². The first-order chi connectivity index (χ1) is 11.0. The number of ether oxygens (including phenoxy) is 1. The van der Waals surface area contributed by atoms with Crippen LogP contribution in [0.2, 0.25) is 5.02 Å². The molecule has 2 aromatic rings. The highest BCUT2D eigenvalue weighted by Crippen LogP contribution is 2.33. The number of benzene rings is 1. The van der Waals surface area contributed by atoms with E-state index in [9.17, 15) is 9.18 Å². The number of carbonyl (C=O) groups is 1. The van der Waals surface area contributed by atoms with Gasteiger partial charge >= 0.3 is 5.97 Å². The van der Waals surface area contributed by atoms with Gasteiger partial charge in [-0.05, 0) is 55.5 Å². The lowest BCUT2D eigenvalue weighted by Crippen LogP contribution is -2.25. The lowest BCUT2D eigenvalue weighted by molar-refractivity contribution is 0.0692. The fourth-order valence-electron chi connectivity index (χ4n) is 2.46. The normalized spacial score (nSPS) is 14.4. The second kappa shape index (κ2) is 6.16. The van der Waals surface area contributed by atoms with Gasteiger partial charge in [-0.1, -0.05) is 11.6 Å². The van der Waals surface area contributed by atoms with Gasteiger partial charge in [-0.25, -0.2) is 14.2 Å². The smallest absolute Gasteiger partial charge is 0.338 e. The number of rotatable bonds is 4. The monoisotopic (exact) mass is 335 g/mol. The molecule has 0 radical (unpaired) electrons. The average Bonchev–Trinajstić information content (AvgIpc) is 2.45. The highest BCUT2D eigenvalue weighted by atomic mass is 35.5. The Bertz CT molecular complexity index is 775. The molecule has 1 aromatic heterocycles. The molecule has 1 N–H and O–H groups in total. The first-order valence-corrected chi connectivity index (χ1v) is 7.69. The van der Waals surface area contributed by atoms with Gasteiger partial charge in [0.2, 0.25) is 5.88 Å².